The minimum atomic E-state index is -1.73. The summed E-state index contributed by atoms with van der Waals surface area (Å²) in [6.07, 6.45) is 0.861. The highest BCUT2D eigenvalue weighted by Crippen LogP contribution is 2.24. The van der Waals surface area contributed by atoms with Gasteiger partial charge in [0.25, 0.3) is 0 Å². The summed E-state index contributed by atoms with van der Waals surface area (Å²) >= 11 is 0. The van der Waals surface area contributed by atoms with E-state index in [2.05, 4.69) is 0 Å². The molecule has 0 radical (unpaired) electrons. The smallest absolute Gasteiger partial charge is 0.320 e. The van der Waals surface area contributed by atoms with Gasteiger partial charge >= 0.3 is 11.9 Å². The Morgan fingerprint density at radius 3 is 1.92 bits per heavy atom. The highest BCUT2D eigenvalue weighted by atomic mass is 16.4. The van der Waals surface area contributed by atoms with Crippen molar-refractivity contribution in [3.63, 3.8) is 0 Å². The van der Waals surface area contributed by atoms with Gasteiger partial charge in [-0.1, -0.05) is 0 Å². The number of aliphatic carboxylic acids is 2. The molecule has 0 aromatic rings. The fourth-order valence-electron chi connectivity index (χ4n) is 0.896. The quantitative estimate of drug-likeness (QED) is 0.414. The molecule has 13 heavy (non-hydrogen) atoms. The molecule has 0 bridgehead atoms. The van der Waals surface area contributed by atoms with E-state index in [1.807, 2.05) is 0 Å². The molecule has 0 fully saturated rings. The monoisotopic (exact) mass is 190 g/mol. The first kappa shape index (κ1) is 11.9. The molecule has 0 aromatic carbocycles. The Hall–Kier alpha value is -1.10. The van der Waals surface area contributed by atoms with Crippen molar-refractivity contribution in [3.8, 4) is 0 Å². The second-order valence-corrected chi connectivity index (χ2v) is 3.12. The molecule has 0 rings (SSSR count). The number of carboxylic acids is 2. The lowest BCUT2D eigenvalue weighted by molar-refractivity contribution is -0.163. The molecule has 76 valence electrons. The van der Waals surface area contributed by atoms with Crippen LogP contribution in [0, 0.1) is 5.41 Å². The van der Waals surface area contributed by atoms with E-state index in [4.69, 9.17) is 15.3 Å². The summed E-state index contributed by atoms with van der Waals surface area (Å²) in [5.41, 5.74) is -1.73. The summed E-state index contributed by atoms with van der Waals surface area (Å²) in [6, 6.07) is 0. The van der Waals surface area contributed by atoms with Gasteiger partial charge in [0, 0.05) is 6.61 Å². The van der Waals surface area contributed by atoms with Crippen molar-refractivity contribution in [2.45, 2.75) is 26.2 Å². The highest BCUT2D eigenvalue weighted by Gasteiger charge is 2.40. The van der Waals surface area contributed by atoms with E-state index in [0.29, 0.717) is 12.8 Å². The van der Waals surface area contributed by atoms with Gasteiger partial charge in [0.15, 0.2) is 5.41 Å². The van der Waals surface area contributed by atoms with Crippen molar-refractivity contribution in [3.05, 3.63) is 0 Å². The maximum atomic E-state index is 10.6. The van der Waals surface area contributed by atoms with Crippen molar-refractivity contribution < 1.29 is 24.9 Å². The van der Waals surface area contributed by atoms with E-state index >= 15 is 0 Å². The topological polar surface area (TPSA) is 94.8 Å². The zero-order valence-corrected chi connectivity index (χ0v) is 7.49. The average Bonchev–Trinajstić information content (AvgIpc) is 2.03. The fourth-order valence-corrected chi connectivity index (χ4v) is 0.896. The summed E-state index contributed by atoms with van der Waals surface area (Å²) in [7, 11) is 0. The third kappa shape index (κ3) is 3.02. The standard InChI is InChI=1S/C8H14O5/c1-8(6(10)11,7(12)13)4-2-3-5-9/h9H,2-5H2,1H3,(H,10,11)(H,12,13). The van der Waals surface area contributed by atoms with Crippen molar-refractivity contribution >= 4 is 11.9 Å². The molecular weight excluding hydrogens is 176 g/mol. The third-order valence-corrected chi connectivity index (χ3v) is 2.03. The number of unbranched alkanes of at least 4 members (excludes halogenated alkanes) is 1. The molecule has 0 aromatic heterocycles. The van der Waals surface area contributed by atoms with Crippen LogP contribution < -0.4 is 0 Å². The molecule has 0 atom stereocenters. The van der Waals surface area contributed by atoms with E-state index in [-0.39, 0.29) is 13.0 Å². The van der Waals surface area contributed by atoms with Gasteiger partial charge in [-0.05, 0) is 26.2 Å². The Labute approximate surface area is 76.0 Å². The first-order valence-electron chi connectivity index (χ1n) is 4.03. The SMILES string of the molecule is CC(CCCCO)(C(=O)O)C(=O)O. The van der Waals surface area contributed by atoms with Gasteiger partial charge in [0.05, 0.1) is 0 Å². The van der Waals surface area contributed by atoms with E-state index in [1.165, 1.54) is 6.92 Å². The van der Waals surface area contributed by atoms with Crippen LogP contribution in [0.2, 0.25) is 0 Å². The number of hydrogen-bond donors (Lipinski definition) is 3. The molecule has 0 saturated carbocycles. The summed E-state index contributed by atoms with van der Waals surface area (Å²) in [5, 5.41) is 25.8. The van der Waals surface area contributed by atoms with E-state index in [9.17, 15) is 9.59 Å². The molecular formula is C8H14O5. The van der Waals surface area contributed by atoms with Crippen molar-refractivity contribution in [2.24, 2.45) is 5.41 Å². The zero-order chi connectivity index (χ0) is 10.5. The van der Waals surface area contributed by atoms with Crippen LogP contribution in [0.4, 0.5) is 0 Å². The van der Waals surface area contributed by atoms with Crippen LogP contribution >= 0.6 is 0 Å². The van der Waals surface area contributed by atoms with Crippen LogP contribution in [0.3, 0.4) is 0 Å². The minimum Gasteiger partial charge on any atom is -0.480 e. The summed E-state index contributed by atoms with van der Waals surface area (Å²) in [4.78, 5) is 21.2. The van der Waals surface area contributed by atoms with E-state index < -0.39 is 17.4 Å². The third-order valence-electron chi connectivity index (χ3n) is 2.03. The lowest BCUT2D eigenvalue weighted by atomic mass is 9.85. The molecule has 0 heterocycles. The molecule has 0 spiro atoms. The molecule has 0 saturated heterocycles. The molecule has 0 aliphatic heterocycles. The Morgan fingerprint density at radius 1 is 1.15 bits per heavy atom. The largest absolute Gasteiger partial charge is 0.480 e. The van der Waals surface area contributed by atoms with E-state index in [0.717, 1.165) is 0 Å². The van der Waals surface area contributed by atoms with Gasteiger partial charge in [-0.25, -0.2) is 0 Å². The number of carboxylic acid groups (broad SMARTS) is 2. The van der Waals surface area contributed by atoms with Crippen LogP contribution in [-0.2, 0) is 9.59 Å². The second kappa shape index (κ2) is 4.81. The predicted molar refractivity (Wildman–Crippen MR) is 44.3 cm³/mol. The van der Waals surface area contributed by atoms with Gasteiger partial charge in [-0.3, -0.25) is 9.59 Å². The van der Waals surface area contributed by atoms with Crippen LogP contribution in [-0.4, -0.2) is 33.9 Å². The summed E-state index contributed by atoms with van der Waals surface area (Å²) in [5.74, 6) is -2.67. The molecule has 5 heteroatoms. The Morgan fingerprint density at radius 2 is 1.62 bits per heavy atom. The highest BCUT2D eigenvalue weighted by molar-refractivity contribution is 5.97. The van der Waals surface area contributed by atoms with Gasteiger partial charge in [0.1, 0.15) is 0 Å². The maximum Gasteiger partial charge on any atom is 0.320 e. The number of rotatable bonds is 6. The Bertz CT molecular complexity index is 185. The predicted octanol–water partition coefficient (Wildman–Crippen LogP) is 0.324. The first-order valence-corrected chi connectivity index (χ1v) is 4.03. The second-order valence-electron chi connectivity index (χ2n) is 3.12. The molecule has 0 amide bonds. The number of aliphatic hydroxyl groups excluding tert-OH is 1. The van der Waals surface area contributed by atoms with Crippen molar-refractivity contribution in [2.75, 3.05) is 6.61 Å². The molecule has 5 nitrogen and oxygen atoms in total. The van der Waals surface area contributed by atoms with Crippen molar-refractivity contribution in [1.29, 1.82) is 0 Å². The summed E-state index contributed by atoms with van der Waals surface area (Å²) in [6.45, 7) is 1.13. The first-order chi connectivity index (χ1) is 5.95. The van der Waals surface area contributed by atoms with Crippen LogP contribution in [0.1, 0.15) is 26.2 Å². The average molecular weight is 190 g/mol. The van der Waals surface area contributed by atoms with Gasteiger partial charge in [0.2, 0.25) is 0 Å². The van der Waals surface area contributed by atoms with E-state index in [1.54, 1.807) is 0 Å². The van der Waals surface area contributed by atoms with Crippen molar-refractivity contribution in [1.82, 2.24) is 0 Å². The number of hydrogen-bond acceptors (Lipinski definition) is 3. The lowest BCUT2D eigenvalue weighted by Gasteiger charge is -2.18. The van der Waals surface area contributed by atoms with Crippen LogP contribution in [0.15, 0.2) is 0 Å². The number of carbonyl (C=O) groups is 2. The van der Waals surface area contributed by atoms with Gasteiger partial charge in [-0.2, -0.15) is 0 Å². The van der Waals surface area contributed by atoms with Gasteiger partial charge < -0.3 is 15.3 Å². The number of aliphatic hydroxyl groups is 1. The van der Waals surface area contributed by atoms with Crippen LogP contribution in [0.5, 0.6) is 0 Å². The van der Waals surface area contributed by atoms with Crippen LogP contribution in [0.25, 0.3) is 0 Å². The summed E-state index contributed by atoms with van der Waals surface area (Å²) < 4.78 is 0. The normalized spacial score (nSPS) is 11.2. The fraction of sp³-hybridized carbons (Fsp3) is 0.750. The van der Waals surface area contributed by atoms with Gasteiger partial charge in [-0.15, -0.1) is 0 Å². The zero-order valence-electron chi connectivity index (χ0n) is 7.49. The Kier molecular flexibility index (Phi) is 4.40. The molecule has 0 unspecified atom stereocenters. The molecule has 3 N–H and O–H groups in total. The molecule has 0 aliphatic rings. The minimum absolute atomic E-state index is 0.0399. The lowest BCUT2D eigenvalue weighted by Crippen LogP contribution is -2.36. The Balaban J connectivity index is 4.26. The maximum absolute atomic E-state index is 10.6. The molecule has 0 aliphatic carbocycles.